The van der Waals surface area contributed by atoms with Gasteiger partial charge in [0.1, 0.15) is 0 Å². The standard InChI is InChI=1S/C9H19N3O2/c1-4-12(5-2)8(13)6-11-9(14)7(3)10/h7H,4-6,10H2,1-3H3,(H,11,14). The van der Waals surface area contributed by atoms with E-state index in [2.05, 4.69) is 5.32 Å². The summed E-state index contributed by atoms with van der Waals surface area (Å²) in [5.74, 6) is -0.380. The maximum absolute atomic E-state index is 11.4. The normalized spacial score (nSPS) is 12.0. The molecule has 1 unspecified atom stereocenters. The van der Waals surface area contributed by atoms with E-state index in [1.54, 1.807) is 11.8 Å². The molecule has 2 amide bonds. The predicted molar refractivity (Wildman–Crippen MR) is 54.6 cm³/mol. The SMILES string of the molecule is CCN(CC)C(=O)CNC(=O)C(C)N. The first-order valence-corrected chi connectivity index (χ1v) is 4.83. The van der Waals surface area contributed by atoms with Crippen LogP contribution < -0.4 is 11.1 Å². The zero-order valence-electron chi connectivity index (χ0n) is 9.04. The van der Waals surface area contributed by atoms with Crippen molar-refractivity contribution in [1.82, 2.24) is 10.2 Å². The van der Waals surface area contributed by atoms with Gasteiger partial charge in [0, 0.05) is 13.1 Å². The molecule has 0 aromatic rings. The lowest BCUT2D eigenvalue weighted by Crippen LogP contribution is -2.44. The number of nitrogens with one attached hydrogen (secondary N) is 1. The number of hydrogen-bond acceptors (Lipinski definition) is 3. The van der Waals surface area contributed by atoms with Crippen molar-refractivity contribution in [2.75, 3.05) is 19.6 Å². The molecule has 0 fully saturated rings. The monoisotopic (exact) mass is 201 g/mol. The average Bonchev–Trinajstić information content (AvgIpc) is 2.15. The van der Waals surface area contributed by atoms with Gasteiger partial charge in [0.2, 0.25) is 11.8 Å². The summed E-state index contributed by atoms with van der Waals surface area (Å²) in [4.78, 5) is 24.1. The van der Waals surface area contributed by atoms with Crippen LogP contribution in [0.1, 0.15) is 20.8 Å². The second-order valence-electron chi connectivity index (χ2n) is 3.07. The van der Waals surface area contributed by atoms with E-state index in [0.717, 1.165) is 0 Å². The first kappa shape index (κ1) is 12.9. The Morgan fingerprint density at radius 3 is 2.21 bits per heavy atom. The second-order valence-corrected chi connectivity index (χ2v) is 3.07. The molecule has 82 valence electrons. The van der Waals surface area contributed by atoms with E-state index in [1.165, 1.54) is 0 Å². The van der Waals surface area contributed by atoms with E-state index in [1.807, 2.05) is 13.8 Å². The third-order valence-corrected chi connectivity index (χ3v) is 1.94. The van der Waals surface area contributed by atoms with Gasteiger partial charge in [-0.3, -0.25) is 9.59 Å². The molecule has 0 spiro atoms. The minimum atomic E-state index is -0.570. The Morgan fingerprint density at radius 1 is 1.36 bits per heavy atom. The summed E-state index contributed by atoms with van der Waals surface area (Å²) in [7, 11) is 0. The Bertz CT molecular complexity index is 200. The molecule has 0 aliphatic heterocycles. The lowest BCUT2D eigenvalue weighted by molar-refractivity contribution is -0.132. The van der Waals surface area contributed by atoms with E-state index in [4.69, 9.17) is 5.73 Å². The van der Waals surface area contributed by atoms with Crippen molar-refractivity contribution < 1.29 is 9.59 Å². The van der Waals surface area contributed by atoms with Gasteiger partial charge in [-0.05, 0) is 20.8 Å². The molecule has 0 saturated carbocycles. The molecule has 0 rings (SSSR count). The van der Waals surface area contributed by atoms with Crippen LogP contribution in [-0.4, -0.2) is 42.4 Å². The van der Waals surface area contributed by atoms with Crippen LogP contribution >= 0.6 is 0 Å². The smallest absolute Gasteiger partial charge is 0.241 e. The van der Waals surface area contributed by atoms with Crippen molar-refractivity contribution in [3.8, 4) is 0 Å². The maximum atomic E-state index is 11.4. The fraction of sp³-hybridized carbons (Fsp3) is 0.778. The molecule has 5 heteroatoms. The molecular formula is C9H19N3O2. The maximum Gasteiger partial charge on any atom is 0.241 e. The van der Waals surface area contributed by atoms with E-state index in [0.29, 0.717) is 13.1 Å². The van der Waals surface area contributed by atoms with Crippen molar-refractivity contribution >= 4 is 11.8 Å². The fourth-order valence-electron chi connectivity index (χ4n) is 1.01. The Morgan fingerprint density at radius 2 is 1.86 bits per heavy atom. The topological polar surface area (TPSA) is 75.4 Å². The molecule has 14 heavy (non-hydrogen) atoms. The molecular weight excluding hydrogens is 182 g/mol. The van der Waals surface area contributed by atoms with E-state index in [9.17, 15) is 9.59 Å². The molecule has 1 atom stereocenters. The quantitative estimate of drug-likeness (QED) is 0.618. The lowest BCUT2D eigenvalue weighted by Gasteiger charge is -2.19. The van der Waals surface area contributed by atoms with Crippen molar-refractivity contribution in [2.24, 2.45) is 5.73 Å². The number of likely N-dealkylation sites (N-methyl/N-ethyl adjacent to an activating group) is 1. The van der Waals surface area contributed by atoms with Gasteiger partial charge in [0.15, 0.2) is 0 Å². The van der Waals surface area contributed by atoms with Crippen LogP contribution in [0.4, 0.5) is 0 Å². The molecule has 0 aliphatic rings. The summed E-state index contributed by atoms with van der Waals surface area (Å²) >= 11 is 0. The Kier molecular flexibility index (Phi) is 5.87. The highest BCUT2D eigenvalue weighted by atomic mass is 16.2. The van der Waals surface area contributed by atoms with Crippen molar-refractivity contribution in [2.45, 2.75) is 26.8 Å². The highest BCUT2D eigenvalue weighted by molar-refractivity contribution is 5.87. The third-order valence-electron chi connectivity index (χ3n) is 1.94. The average molecular weight is 201 g/mol. The second kappa shape index (κ2) is 6.37. The van der Waals surface area contributed by atoms with Gasteiger partial charge < -0.3 is 16.0 Å². The van der Waals surface area contributed by atoms with Crippen molar-refractivity contribution in [1.29, 1.82) is 0 Å². The zero-order chi connectivity index (χ0) is 11.1. The Labute approximate surface area is 84.6 Å². The van der Waals surface area contributed by atoms with E-state index >= 15 is 0 Å². The molecule has 0 heterocycles. The zero-order valence-corrected chi connectivity index (χ0v) is 9.04. The summed E-state index contributed by atoms with van der Waals surface area (Å²) in [6.45, 7) is 6.72. The summed E-state index contributed by atoms with van der Waals surface area (Å²) < 4.78 is 0. The van der Waals surface area contributed by atoms with Gasteiger partial charge in [-0.2, -0.15) is 0 Å². The molecule has 3 N–H and O–H groups in total. The van der Waals surface area contributed by atoms with Crippen molar-refractivity contribution in [3.63, 3.8) is 0 Å². The molecule has 0 saturated heterocycles. The molecule has 0 aromatic heterocycles. The van der Waals surface area contributed by atoms with Crippen LogP contribution in [-0.2, 0) is 9.59 Å². The molecule has 0 aromatic carbocycles. The predicted octanol–water partition coefficient (Wildman–Crippen LogP) is -0.682. The number of carbonyl (C=O) groups is 2. The fourth-order valence-corrected chi connectivity index (χ4v) is 1.01. The third kappa shape index (κ3) is 4.23. The first-order chi connectivity index (χ1) is 6.52. The van der Waals surface area contributed by atoms with Gasteiger partial charge in [0.05, 0.1) is 12.6 Å². The van der Waals surface area contributed by atoms with Gasteiger partial charge in [-0.25, -0.2) is 0 Å². The lowest BCUT2D eigenvalue weighted by atomic mass is 10.3. The molecule has 5 nitrogen and oxygen atoms in total. The van der Waals surface area contributed by atoms with Gasteiger partial charge in [-0.1, -0.05) is 0 Å². The minimum Gasteiger partial charge on any atom is -0.346 e. The van der Waals surface area contributed by atoms with Gasteiger partial charge >= 0.3 is 0 Å². The number of nitrogens with zero attached hydrogens (tertiary/aromatic N) is 1. The van der Waals surface area contributed by atoms with Crippen LogP contribution in [0.3, 0.4) is 0 Å². The summed E-state index contributed by atoms with van der Waals surface area (Å²) in [6, 6.07) is -0.570. The number of rotatable bonds is 5. The minimum absolute atomic E-state index is 0.0298. The summed E-state index contributed by atoms with van der Waals surface area (Å²) in [5, 5.41) is 2.48. The number of carbonyl (C=O) groups excluding carboxylic acids is 2. The largest absolute Gasteiger partial charge is 0.346 e. The summed E-state index contributed by atoms with van der Waals surface area (Å²) in [5.41, 5.74) is 5.33. The number of amides is 2. The summed E-state index contributed by atoms with van der Waals surface area (Å²) in [6.07, 6.45) is 0. The van der Waals surface area contributed by atoms with Gasteiger partial charge in [-0.15, -0.1) is 0 Å². The van der Waals surface area contributed by atoms with Crippen LogP contribution in [0, 0.1) is 0 Å². The highest BCUT2D eigenvalue weighted by Gasteiger charge is 2.12. The number of nitrogens with two attached hydrogens (primary N) is 1. The van der Waals surface area contributed by atoms with Crippen LogP contribution in [0.2, 0.25) is 0 Å². The van der Waals surface area contributed by atoms with Crippen molar-refractivity contribution in [3.05, 3.63) is 0 Å². The first-order valence-electron chi connectivity index (χ1n) is 4.83. The van der Waals surface area contributed by atoms with Crippen LogP contribution in [0.25, 0.3) is 0 Å². The Balaban J connectivity index is 3.89. The van der Waals surface area contributed by atoms with E-state index in [-0.39, 0.29) is 18.4 Å². The van der Waals surface area contributed by atoms with Gasteiger partial charge in [0.25, 0.3) is 0 Å². The molecule has 0 aliphatic carbocycles. The van der Waals surface area contributed by atoms with Crippen LogP contribution in [0.5, 0.6) is 0 Å². The highest BCUT2D eigenvalue weighted by Crippen LogP contribution is 1.87. The molecule has 0 radical (unpaired) electrons. The Hall–Kier alpha value is -1.10. The van der Waals surface area contributed by atoms with Crippen LogP contribution in [0.15, 0.2) is 0 Å². The number of hydrogen-bond donors (Lipinski definition) is 2. The molecule has 0 bridgehead atoms. The van der Waals surface area contributed by atoms with E-state index < -0.39 is 6.04 Å².